The van der Waals surface area contributed by atoms with Crippen molar-refractivity contribution in [3.05, 3.63) is 60.7 Å². The Hall–Kier alpha value is -1.86. The molecule has 122 valence electrons. The summed E-state index contributed by atoms with van der Waals surface area (Å²) in [6.07, 6.45) is 0.309. The van der Waals surface area contributed by atoms with E-state index in [4.69, 9.17) is 0 Å². The Kier molecular flexibility index (Phi) is 4.16. The maximum absolute atomic E-state index is 13.1. The van der Waals surface area contributed by atoms with Crippen LogP contribution in [-0.2, 0) is 19.9 Å². The van der Waals surface area contributed by atoms with Gasteiger partial charge in [0.1, 0.15) is 0 Å². The summed E-state index contributed by atoms with van der Waals surface area (Å²) in [4.78, 5) is 0.160. The molecule has 3 rings (SSSR count). The van der Waals surface area contributed by atoms with Crippen molar-refractivity contribution in [2.45, 2.75) is 17.4 Å². The average molecular weight is 351 g/mol. The van der Waals surface area contributed by atoms with Gasteiger partial charge in [-0.3, -0.25) is 4.31 Å². The molecule has 1 aliphatic rings. The van der Waals surface area contributed by atoms with E-state index in [1.54, 1.807) is 48.5 Å². The first-order valence-corrected chi connectivity index (χ1v) is 10.5. The summed E-state index contributed by atoms with van der Waals surface area (Å²) < 4.78 is 51.0. The zero-order valence-corrected chi connectivity index (χ0v) is 14.0. The third kappa shape index (κ3) is 3.25. The van der Waals surface area contributed by atoms with E-state index < -0.39 is 25.9 Å². The zero-order chi connectivity index (χ0) is 16.5. The van der Waals surface area contributed by atoms with Crippen LogP contribution in [0.5, 0.6) is 0 Å². The van der Waals surface area contributed by atoms with Crippen LogP contribution in [-0.4, -0.2) is 34.4 Å². The van der Waals surface area contributed by atoms with Gasteiger partial charge in [-0.15, -0.1) is 0 Å². The second-order valence-corrected chi connectivity index (χ2v) is 9.55. The molecule has 5 nitrogen and oxygen atoms in total. The lowest BCUT2D eigenvalue weighted by molar-refractivity contribution is 0.580. The molecule has 0 aromatic heterocycles. The average Bonchev–Trinajstić information content (AvgIpc) is 2.89. The Morgan fingerprint density at radius 1 is 0.913 bits per heavy atom. The molecule has 1 atom stereocenters. The van der Waals surface area contributed by atoms with Crippen LogP contribution >= 0.6 is 0 Å². The highest BCUT2D eigenvalue weighted by molar-refractivity contribution is 7.93. The topological polar surface area (TPSA) is 71.5 Å². The van der Waals surface area contributed by atoms with E-state index >= 15 is 0 Å². The molecule has 2 aromatic rings. The largest absolute Gasteiger partial charge is 0.264 e. The highest BCUT2D eigenvalue weighted by atomic mass is 32.2. The van der Waals surface area contributed by atoms with Crippen molar-refractivity contribution in [1.29, 1.82) is 0 Å². The summed E-state index contributed by atoms with van der Waals surface area (Å²) in [7, 11) is -7.02. The molecular weight excluding hydrogens is 334 g/mol. The monoisotopic (exact) mass is 351 g/mol. The minimum absolute atomic E-state index is 0.0192. The highest BCUT2D eigenvalue weighted by Gasteiger charge is 2.38. The van der Waals surface area contributed by atoms with Crippen molar-refractivity contribution in [2.75, 3.05) is 15.8 Å². The molecule has 0 bridgehead atoms. The molecule has 0 spiro atoms. The van der Waals surface area contributed by atoms with E-state index in [9.17, 15) is 16.8 Å². The van der Waals surface area contributed by atoms with Gasteiger partial charge in [0.25, 0.3) is 10.0 Å². The Bertz CT molecular complexity index is 878. The molecular formula is C16H17NO4S2. The van der Waals surface area contributed by atoms with Crippen LogP contribution < -0.4 is 4.31 Å². The van der Waals surface area contributed by atoms with Gasteiger partial charge in [-0.05, 0) is 30.7 Å². The molecule has 0 amide bonds. The van der Waals surface area contributed by atoms with Gasteiger partial charge >= 0.3 is 0 Å². The van der Waals surface area contributed by atoms with Crippen LogP contribution in [0.15, 0.2) is 65.6 Å². The van der Waals surface area contributed by atoms with Crippen molar-refractivity contribution in [2.24, 2.45) is 0 Å². The first-order chi connectivity index (χ1) is 10.9. The molecule has 1 saturated heterocycles. The van der Waals surface area contributed by atoms with Gasteiger partial charge in [-0.2, -0.15) is 0 Å². The number of sulfone groups is 1. The molecule has 0 radical (unpaired) electrons. The second-order valence-electron chi connectivity index (χ2n) is 5.51. The van der Waals surface area contributed by atoms with Crippen LogP contribution in [0.1, 0.15) is 6.42 Å². The van der Waals surface area contributed by atoms with E-state index in [0.717, 1.165) is 0 Å². The predicted molar refractivity (Wildman–Crippen MR) is 89.6 cm³/mol. The molecule has 0 saturated carbocycles. The Labute approximate surface area is 136 Å². The van der Waals surface area contributed by atoms with Gasteiger partial charge in [0, 0.05) is 0 Å². The lowest BCUT2D eigenvalue weighted by Crippen LogP contribution is -2.41. The maximum Gasteiger partial charge on any atom is 0.264 e. The fourth-order valence-corrected chi connectivity index (χ4v) is 6.28. The van der Waals surface area contributed by atoms with Crippen LogP contribution in [0.4, 0.5) is 5.69 Å². The van der Waals surface area contributed by atoms with Gasteiger partial charge in [0.15, 0.2) is 9.84 Å². The number of benzene rings is 2. The SMILES string of the molecule is O=S1(=O)CCC(N(c2ccccc2)S(=O)(=O)c2ccccc2)C1. The Morgan fingerprint density at radius 2 is 1.48 bits per heavy atom. The normalized spacial score (nSPS) is 20.3. The summed E-state index contributed by atoms with van der Waals surface area (Å²) in [5, 5.41) is 0. The molecule has 2 aromatic carbocycles. The fourth-order valence-electron chi connectivity index (χ4n) is 2.79. The number of sulfonamides is 1. The quantitative estimate of drug-likeness (QED) is 0.845. The van der Waals surface area contributed by atoms with Crippen LogP contribution in [0.25, 0.3) is 0 Å². The number of rotatable bonds is 4. The maximum atomic E-state index is 13.1. The zero-order valence-electron chi connectivity index (χ0n) is 12.4. The van der Waals surface area contributed by atoms with E-state index in [2.05, 4.69) is 0 Å². The number of nitrogens with zero attached hydrogens (tertiary/aromatic N) is 1. The smallest absolute Gasteiger partial charge is 0.262 e. The highest BCUT2D eigenvalue weighted by Crippen LogP contribution is 2.30. The van der Waals surface area contributed by atoms with Crippen LogP contribution in [0.3, 0.4) is 0 Å². The van der Waals surface area contributed by atoms with Gasteiger partial charge in [-0.25, -0.2) is 16.8 Å². The minimum atomic E-state index is -3.82. The fraction of sp³-hybridized carbons (Fsp3) is 0.250. The van der Waals surface area contributed by atoms with Crippen molar-refractivity contribution >= 4 is 25.5 Å². The summed E-state index contributed by atoms with van der Waals surface area (Å²) in [6.45, 7) is 0. The number of para-hydroxylation sites is 1. The van der Waals surface area contributed by atoms with E-state index in [0.29, 0.717) is 12.1 Å². The van der Waals surface area contributed by atoms with Crippen molar-refractivity contribution in [3.63, 3.8) is 0 Å². The molecule has 7 heteroatoms. The predicted octanol–water partition coefficient (Wildman–Crippen LogP) is 2.07. The molecule has 1 aliphatic heterocycles. The summed E-state index contributed by atoms with van der Waals surface area (Å²) in [5.41, 5.74) is 0.485. The van der Waals surface area contributed by atoms with E-state index in [1.807, 2.05) is 0 Å². The van der Waals surface area contributed by atoms with Crippen LogP contribution in [0.2, 0.25) is 0 Å². The van der Waals surface area contributed by atoms with Crippen LogP contribution in [0, 0.1) is 0 Å². The first kappa shape index (κ1) is 16.0. The van der Waals surface area contributed by atoms with E-state index in [1.165, 1.54) is 16.4 Å². The number of anilines is 1. The summed E-state index contributed by atoms with van der Waals surface area (Å²) in [5.74, 6) is -0.126. The summed E-state index contributed by atoms with van der Waals surface area (Å²) in [6, 6.07) is 16.2. The first-order valence-electron chi connectivity index (χ1n) is 7.25. The molecule has 0 N–H and O–H groups in total. The van der Waals surface area contributed by atoms with Gasteiger partial charge in [0.05, 0.1) is 28.1 Å². The lowest BCUT2D eigenvalue weighted by atomic mass is 10.2. The third-order valence-electron chi connectivity index (χ3n) is 3.85. The Balaban J connectivity index is 2.10. The van der Waals surface area contributed by atoms with Gasteiger partial charge in [0.2, 0.25) is 0 Å². The van der Waals surface area contributed by atoms with Crippen molar-refractivity contribution in [1.82, 2.24) is 0 Å². The van der Waals surface area contributed by atoms with Crippen molar-refractivity contribution in [3.8, 4) is 0 Å². The van der Waals surface area contributed by atoms with E-state index in [-0.39, 0.29) is 16.4 Å². The number of hydrogen-bond acceptors (Lipinski definition) is 4. The standard InChI is InChI=1S/C16H17NO4S2/c18-22(19)12-11-15(13-22)17(14-7-3-1-4-8-14)23(20,21)16-9-5-2-6-10-16/h1-10,15H,11-13H2. The number of hydrogen-bond donors (Lipinski definition) is 0. The third-order valence-corrected chi connectivity index (χ3v) is 7.50. The second kappa shape index (κ2) is 5.98. The molecule has 1 fully saturated rings. The molecule has 23 heavy (non-hydrogen) atoms. The van der Waals surface area contributed by atoms with Gasteiger partial charge in [-0.1, -0.05) is 36.4 Å². The molecule has 1 heterocycles. The van der Waals surface area contributed by atoms with Gasteiger partial charge < -0.3 is 0 Å². The Morgan fingerprint density at radius 3 is 2.00 bits per heavy atom. The lowest BCUT2D eigenvalue weighted by Gasteiger charge is -2.29. The molecule has 0 aliphatic carbocycles. The molecule has 1 unspecified atom stereocenters. The van der Waals surface area contributed by atoms with Crippen molar-refractivity contribution < 1.29 is 16.8 Å². The minimum Gasteiger partial charge on any atom is -0.262 e. The summed E-state index contributed by atoms with van der Waals surface area (Å²) >= 11 is 0.